The van der Waals surface area contributed by atoms with Crippen molar-refractivity contribution in [2.75, 3.05) is 25.4 Å². The van der Waals surface area contributed by atoms with Crippen LogP contribution in [-0.2, 0) is 9.53 Å². The molecule has 1 aromatic rings. The number of morpholine rings is 1. The number of hydrogen-bond acceptors (Lipinski definition) is 4. The second-order valence-corrected chi connectivity index (χ2v) is 4.54. The summed E-state index contributed by atoms with van der Waals surface area (Å²) in [6, 6.07) is 4.04. The molecule has 0 aromatic heterocycles. The van der Waals surface area contributed by atoms with E-state index < -0.39 is 23.8 Å². The van der Waals surface area contributed by atoms with Gasteiger partial charge < -0.3 is 20.5 Å². The number of amides is 1. The number of hydrogen-bond donors (Lipinski definition) is 2. The average Bonchev–Trinajstić information content (AvgIpc) is 2.41. The molecule has 0 radical (unpaired) electrons. The summed E-state index contributed by atoms with van der Waals surface area (Å²) < 4.78 is 18.6. The van der Waals surface area contributed by atoms with Crippen molar-refractivity contribution in [1.82, 2.24) is 4.90 Å². The van der Waals surface area contributed by atoms with Crippen molar-refractivity contribution in [3.63, 3.8) is 0 Å². The Labute approximate surface area is 114 Å². The molecule has 1 unspecified atom stereocenters. The zero-order chi connectivity index (χ0) is 14.7. The summed E-state index contributed by atoms with van der Waals surface area (Å²) >= 11 is 0. The van der Waals surface area contributed by atoms with Crippen molar-refractivity contribution >= 4 is 17.6 Å². The topological polar surface area (TPSA) is 92.9 Å². The lowest BCUT2D eigenvalue weighted by atomic mass is 10.1. The molecule has 1 atom stereocenters. The molecule has 108 valence electrons. The Morgan fingerprint density at radius 2 is 2.25 bits per heavy atom. The third kappa shape index (κ3) is 3.05. The van der Waals surface area contributed by atoms with Crippen LogP contribution in [0.25, 0.3) is 0 Å². The van der Waals surface area contributed by atoms with Crippen LogP contribution in [0, 0.1) is 5.82 Å². The molecule has 6 nitrogen and oxygen atoms in total. The third-order valence-corrected chi connectivity index (χ3v) is 3.11. The van der Waals surface area contributed by atoms with Gasteiger partial charge in [0, 0.05) is 13.1 Å². The molecule has 1 fully saturated rings. The van der Waals surface area contributed by atoms with Gasteiger partial charge >= 0.3 is 5.97 Å². The third-order valence-electron chi connectivity index (χ3n) is 3.11. The van der Waals surface area contributed by atoms with Gasteiger partial charge in [0.1, 0.15) is 5.82 Å². The number of ether oxygens (including phenoxy) is 1. The fraction of sp³-hybridized carbons (Fsp3) is 0.385. The SMILES string of the molecule is Nc1c(F)cccc1C(=O)N1CCOC(CC(=O)O)C1. The first kappa shape index (κ1) is 14.3. The van der Waals surface area contributed by atoms with E-state index in [9.17, 15) is 14.0 Å². The fourth-order valence-electron chi connectivity index (χ4n) is 2.12. The van der Waals surface area contributed by atoms with Crippen molar-refractivity contribution in [3.8, 4) is 0 Å². The summed E-state index contributed by atoms with van der Waals surface area (Å²) in [6.45, 7) is 0.727. The van der Waals surface area contributed by atoms with E-state index in [0.29, 0.717) is 6.54 Å². The van der Waals surface area contributed by atoms with E-state index in [0.717, 1.165) is 0 Å². The molecule has 0 bridgehead atoms. The number of anilines is 1. The first-order chi connectivity index (χ1) is 9.49. The number of halogens is 1. The number of rotatable bonds is 3. The summed E-state index contributed by atoms with van der Waals surface area (Å²) in [7, 11) is 0. The lowest BCUT2D eigenvalue weighted by molar-refractivity contribution is -0.141. The average molecular weight is 282 g/mol. The predicted octanol–water partition coefficient (Wildman–Crippen LogP) is 0.724. The van der Waals surface area contributed by atoms with Gasteiger partial charge in [0.05, 0.1) is 30.4 Å². The molecule has 1 aliphatic rings. The van der Waals surface area contributed by atoms with Crippen molar-refractivity contribution in [2.45, 2.75) is 12.5 Å². The summed E-state index contributed by atoms with van der Waals surface area (Å²) in [6.07, 6.45) is -0.734. The van der Waals surface area contributed by atoms with E-state index in [-0.39, 0.29) is 30.8 Å². The molecule has 0 spiro atoms. The molecule has 0 saturated carbocycles. The molecule has 0 aliphatic carbocycles. The van der Waals surface area contributed by atoms with Crippen LogP contribution in [0.2, 0.25) is 0 Å². The van der Waals surface area contributed by atoms with E-state index in [1.165, 1.54) is 23.1 Å². The fourth-order valence-corrected chi connectivity index (χ4v) is 2.12. The van der Waals surface area contributed by atoms with Gasteiger partial charge in [0.2, 0.25) is 0 Å². The summed E-state index contributed by atoms with van der Waals surface area (Å²) in [4.78, 5) is 24.4. The van der Waals surface area contributed by atoms with Crippen molar-refractivity contribution < 1.29 is 23.8 Å². The van der Waals surface area contributed by atoms with Crippen molar-refractivity contribution in [2.24, 2.45) is 0 Å². The minimum atomic E-state index is -0.991. The molecular weight excluding hydrogens is 267 g/mol. The Bertz CT molecular complexity index is 535. The van der Waals surface area contributed by atoms with Crippen LogP contribution in [0.1, 0.15) is 16.8 Å². The summed E-state index contributed by atoms with van der Waals surface area (Å²) in [5.74, 6) is -2.05. The second-order valence-electron chi connectivity index (χ2n) is 4.54. The van der Waals surface area contributed by atoms with Gasteiger partial charge in [-0.1, -0.05) is 6.07 Å². The molecule has 2 rings (SSSR count). The largest absolute Gasteiger partial charge is 0.481 e. The van der Waals surface area contributed by atoms with Gasteiger partial charge in [-0.2, -0.15) is 0 Å². The van der Waals surface area contributed by atoms with E-state index in [2.05, 4.69) is 0 Å². The number of aliphatic carboxylic acids is 1. The quantitative estimate of drug-likeness (QED) is 0.797. The van der Waals surface area contributed by atoms with Crippen LogP contribution in [0.3, 0.4) is 0 Å². The molecule has 20 heavy (non-hydrogen) atoms. The number of carboxylic acid groups (broad SMARTS) is 1. The van der Waals surface area contributed by atoms with Gasteiger partial charge in [-0.3, -0.25) is 9.59 Å². The number of para-hydroxylation sites is 1. The number of carbonyl (C=O) groups is 2. The Hall–Kier alpha value is -2.15. The highest BCUT2D eigenvalue weighted by Gasteiger charge is 2.27. The lowest BCUT2D eigenvalue weighted by Gasteiger charge is -2.32. The molecule has 1 amide bonds. The number of carbonyl (C=O) groups excluding carboxylic acids is 1. The van der Waals surface area contributed by atoms with Crippen LogP contribution < -0.4 is 5.73 Å². The number of benzene rings is 1. The molecule has 1 aliphatic heterocycles. The Morgan fingerprint density at radius 1 is 1.50 bits per heavy atom. The molecule has 1 aromatic carbocycles. The number of carboxylic acids is 1. The minimum absolute atomic E-state index is 0.0842. The van der Waals surface area contributed by atoms with Gasteiger partial charge in [-0.15, -0.1) is 0 Å². The lowest BCUT2D eigenvalue weighted by Crippen LogP contribution is -2.46. The van der Waals surface area contributed by atoms with Crippen LogP contribution in [0.5, 0.6) is 0 Å². The molecule has 1 saturated heterocycles. The second kappa shape index (κ2) is 5.87. The van der Waals surface area contributed by atoms with Gasteiger partial charge in [-0.05, 0) is 12.1 Å². The predicted molar refractivity (Wildman–Crippen MR) is 68.7 cm³/mol. The van der Waals surface area contributed by atoms with Crippen LogP contribution in [0.4, 0.5) is 10.1 Å². The maximum absolute atomic E-state index is 13.4. The van der Waals surface area contributed by atoms with E-state index in [4.69, 9.17) is 15.6 Å². The number of nitrogens with zero attached hydrogens (tertiary/aromatic N) is 1. The van der Waals surface area contributed by atoms with Crippen LogP contribution >= 0.6 is 0 Å². The highest BCUT2D eigenvalue weighted by atomic mass is 19.1. The number of nitrogens with two attached hydrogens (primary N) is 1. The summed E-state index contributed by atoms with van der Waals surface area (Å²) in [5, 5.41) is 8.74. The van der Waals surface area contributed by atoms with Gasteiger partial charge in [0.25, 0.3) is 5.91 Å². The van der Waals surface area contributed by atoms with Gasteiger partial charge in [0.15, 0.2) is 0 Å². The normalized spacial score (nSPS) is 18.9. The van der Waals surface area contributed by atoms with Crippen molar-refractivity contribution in [3.05, 3.63) is 29.6 Å². The smallest absolute Gasteiger partial charge is 0.306 e. The molecular formula is C13H15FN2O4. The zero-order valence-corrected chi connectivity index (χ0v) is 10.7. The molecule has 3 N–H and O–H groups in total. The Morgan fingerprint density at radius 3 is 2.95 bits per heavy atom. The van der Waals surface area contributed by atoms with E-state index in [1.807, 2.05) is 0 Å². The first-order valence-corrected chi connectivity index (χ1v) is 6.15. The van der Waals surface area contributed by atoms with Crippen LogP contribution in [-0.4, -0.2) is 47.7 Å². The maximum atomic E-state index is 13.4. The Kier molecular flexibility index (Phi) is 4.19. The molecule has 7 heteroatoms. The Balaban J connectivity index is 2.12. The standard InChI is InChI=1S/C13H15FN2O4/c14-10-3-1-2-9(12(10)15)13(19)16-4-5-20-8(7-16)6-11(17)18/h1-3,8H,4-7,15H2,(H,17,18). The first-order valence-electron chi connectivity index (χ1n) is 6.15. The summed E-state index contributed by atoms with van der Waals surface area (Å²) in [5.41, 5.74) is 5.45. The zero-order valence-electron chi connectivity index (χ0n) is 10.7. The monoisotopic (exact) mass is 282 g/mol. The highest BCUT2D eigenvalue weighted by molar-refractivity contribution is 5.99. The van der Waals surface area contributed by atoms with Crippen LogP contribution in [0.15, 0.2) is 18.2 Å². The minimum Gasteiger partial charge on any atom is -0.481 e. The number of nitrogen functional groups attached to an aromatic ring is 1. The highest BCUT2D eigenvalue weighted by Crippen LogP contribution is 2.19. The van der Waals surface area contributed by atoms with E-state index in [1.54, 1.807) is 0 Å². The molecule has 1 heterocycles. The van der Waals surface area contributed by atoms with Gasteiger partial charge in [-0.25, -0.2) is 4.39 Å². The van der Waals surface area contributed by atoms with Crippen molar-refractivity contribution in [1.29, 1.82) is 0 Å². The van der Waals surface area contributed by atoms with E-state index >= 15 is 0 Å². The maximum Gasteiger partial charge on any atom is 0.306 e.